The summed E-state index contributed by atoms with van der Waals surface area (Å²) < 4.78 is 5.37. The highest BCUT2D eigenvalue weighted by Crippen LogP contribution is 2.17. The summed E-state index contributed by atoms with van der Waals surface area (Å²) in [4.78, 5) is 12.1. The Morgan fingerprint density at radius 1 is 1.33 bits per heavy atom. The lowest BCUT2D eigenvalue weighted by Gasteiger charge is -2.09. The lowest BCUT2D eigenvalue weighted by molar-refractivity contribution is 0.328. The number of imidazole rings is 1. The zero-order chi connectivity index (χ0) is 13.0. The van der Waals surface area contributed by atoms with E-state index in [1.807, 2.05) is 19.1 Å². The fourth-order valence-electron chi connectivity index (χ4n) is 1.78. The lowest BCUT2D eigenvalue weighted by atomic mass is 10.3. The summed E-state index contributed by atoms with van der Waals surface area (Å²) in [7, 11) is 0. The van der Waals surface area contributed by atoms with Crippen LogP contribution in [-0.2, 0) is 0 Å². The van der Waals surface area contributed by atoms with Crippen molar-refractivity contribution in [3.63, 3.8) is 0 Å². The Balaban J connectivity index is 2.21. The first-order valence-corrected chi connectivity index (χ1v) is 6.47. The van der Waals surface area contributed by atoms with E-state index in [0.29, 0.717) is 18.1 Å². The van der Waals surface area contributed by atoms with Crippen LogP contribution in [0.15, 0.2) is 12.1 Å². The average Bonchev–Trinajstić information content (AvgIpc) is 2.79. The molecule has 1 unspecified atom stereocenters. The Labute approximate surface area is 107 Å². The van der Waals surface area contributed by atoms with Gasteiger partial charge in [0, 0.05) is 6.07 Å². The molecule has 5 nitrogen and oxygen atoms in total. The molecule has 2 aromatic rings. The average molecular weight is 248 g/mol. The SMILES string of the molecule is CCCNC(C)c1nc2nc(OCC)ccc2[nH]1. The van der Waals surface area contributed by atoms with E-state index in [9.17, 15) is 0 Å². The van der Waals surface area contributed by atoms with Gasteiger partial charge in [0.05, 0.1) is 18.2 Å². The summed E-state index contributed by atoms with van der Waals surface area (Å²) >= 11 is 0. The topological polar surface area (TPSA) is 62.8 Å². The van der Waals surface area contributed by atoms with E-state index in [-0.39, 0.29) is 6.04 Å². The molecule has 18 heavy (non-hydrogen) atoms. The van der Waals surface area contributed by atoms with Crippen molar-refractivity contribution in [3.05, 3.63) is 18.0 Å². The van der Waals surface area contributed by atoms with Crippen molar-refractivity contribution in [2.24, 2.45) is 0 Å². The molecule has 0 aliphatic heterocycles. The molecule has 0 spiro atoms. The van der Waals surface area contributed by atoms with E-state index >= 15 is 0 Å². The van der Waals surface area contributed by atoms with Crippen LogP contribution < -0.4 is 10.1 Å². The van der Waals surface area contributed by atoms with Crippen LogP contribution in [0.4, 0.5) is 0 Å². The number of nitrogens with one attached hydrogen (secondary N) is 2. The zero-order valence-electron chi connectivity index (χ0n) is 11.2. The van der Waals surface area contributed by atoms with E-state index in [2.05, 4.69) is 34.1 Å². The van der Waals surface area contributed by atoms with Gasteiger partial charge in [0.1, 0.15) is 5.82 Å². The van der Waals surface area contributed by atoms with Crippen LogP contribution in [0.25, 0.3) is 11.2 Å². The summed E-state index contributed by atoms with van der Waals surface area (Å²) in [5, 5.41) is 3.40. The van der Waals surface area contributed by atoms with Crippen molar-refractivity contribution in [1.82, 2.24) is 20.3 Å². The Morgan fingerprint density at radius 3 is 2.89 bits per heavy atom. The number of H-pyrrole nitrogens is 1. The Bertz CT molecular complexity index is 509. The predicted molar refractivity (Wildman–Crippen MR) is 71.8 cm³/mol. The number of nitrogens with zero attached hydrogens (tertiary/aromatic N) is 2. The van der Waals surface area contributed by atoms with E-state index < -0.39 is 0 Å². The molecule has 0 aromatic carbocycles. The van der Waals surface area contributed by atoms with Gasteiger partial charge in [-0.25, -0.2) is 4.98 Å². The molecule has 0 aliphatic rings. The second-order valence-corrected chi connectivity index (χ2v) is 4.25. The summed E-state index contributed by atoms with van der Waals surface area (Å²) in [5.41, 5.74) is 1.65. The highest BCUT2D eigenvalue weighted by atomic mass is 16.5. The third-order valence-electron chi connectivity index (χ3n) is 2.74. The maximum absolute atomic E-state index is 5.37. The number of ether oxygens (including phenoxy) is 1. The number of hydrogen-bond acceptors (Lipinski definition) is 4. The van der Waals surface area contributed by atoms with Gasteiger partial charge in [-0.3, -0.25) is 0 Å². The standard InChI is InChI=1S/C13H20N4O/c1-4-8-14-9(3)12-15-10-6-7-11(18-5-2)16-13(10)17-12/h6-7,9,14H,4-5,8H2,1-3H3,(H,15,16,17). The van der Waals surface area contributed by atoms with Gasteiger partial charge >= 0.3 is 0 Å². The number of pyridine rings is 1. The first-order valence-electron chi connectivity index (χ1n) is 6.47. The molecule has 0 bridgehead atoms. The van der Waals surface area contributed by atoms with Gasteiger partial charge in [0.15, 0.2) is 5.65 Å². The van der Waals surface area contributed by atoms with Crippen molar-refractivity contribution in [2.75, 3.05) is 13.2 Å². The minimum atomic E-state index is 0.203. The molecular formula is C13H20N4O. The maximum Gasteiger partial charge on any atom is 0.215 e. The predicted octanol–water partition coefficient (Wildman–Crippen LogP) is 2.42. The summed E-state index contributed by atoms with van der Waals surface area (Å²) in [6, 6.07) is 4.02. The quantitative estimate of drug-likeness (QED) is 0.824. The minimum absolute atomic E-state index is 0.203. The van der Waals surface area contributed by atoms with Gasteiger partial charge in [-0.05, 0) is 32.9 Å². The molecule has 2 aromatic heterocycles. The molecule has 0 saturated heterocycles. The van der Waals surface area contributed by atoms with Crippen molar-refractivity contribution in [1.29, 1.82) is 0 Å². The van der Waals surface area contributed by atoms with Crippen LogP contribution in [0.1, 0.15) is 39.1 Å². The van der Waals surface area contributed by atoms with Crippen molar-refractivity contribution in [3.8, 4) is 5.88 Å². The van der Waals surface area contributed by atoms with Crippen LogP contribution in [0.3, 0.4) is 0 Å². The number of hydrogen-bond donors (Lipinski definition) is 2. The Kier molecular flexibility index (Phi) is 4.15. The van der Waals surface area contributed by atoms with Gasteiger partial charge in [-0.1, -0.05) is 6.92 Å². The van der Waals surface area contributed by atoms with Crippen molar-refractivity contribution < 1.29 is 4.74 Å². The van der Waals surface area contributed by atoms with Crippen LogP contribution >= 0.6 is 0 Å². The molecule has 5 heteroatoms. The van der Waals surface area contributed by atoms with E-state index in [4.69, 9.17) is 4.74 Å². The number of rotatable bonds is 6. The number of fused-ring (bicyclic) bond motifs is 1. The molecule has 2 heterocycles. The summed E-state index contributed by atoms with van der Waals surface area (Å²) in [6.45, 7) is 7.78. The molecular weight excluding hydrogens is 228 g/mol. The molecule has 0 aliphatic carbocycles. The first-order chi connectivity index (χ1) is 8.74. The Hall–Kier alpha value is -1.62. The Morgan fingerprint density at radius 2 is 2.17 bits per heavy atom. The second-order valence-electron chi connectivity index (χ2n) is 4.25. The fraction of sp³-hybridized carbons (Fsp3) is 0.538. The molecule has 1 atom stereocenters. The van der Waals surface area contributed by atoms with Crippen LogP contribution in [0.5, 0.6) is 5.88 Å². The van der Waals surface area contributed by atoms with Crippen molar-refractivity contribution >= 4 is 11.2 Å². The zero-order valence-corrected chi connectivity index (χ0v) is 11.2. The fourth-order valence-corrected chi connectivity index (χ4v) is 1.78. The van der Waals surface area contributed by atoms with E-state index in [0.717, 1.165) is 24.3 Å². The molecule has 0 radical (unpaired) electrons. The largest absolute Gasteiger partial charge is 0.478 e. The second kappa shape index (κ2) is 5.82. The molecule has 0 amide bonds. The van der Waals surface area contributed by atoms with E-state index in [1.54, 1.807) is 0 Å². The van der Waals surface area contributed by atoms with E-state index in [1.165, 1.54) is 0 Å². The van der Waals surface area contributed by atoms with Gasteiger partial charge in [0.2, 0.25) is 5.88 Å². The molecule has 98 valence electrons. The maximum atomic E-state index is 5.37. The summed E-state index contributed by atoms with van der Waals surface area (Å²) in [5.74, 6) is 1.54. The summed E-state index contributed by atoms with van der Waals surface area (Å²) in [6.07, 6.45) is 1.11. The van der Waals surface area contributed by atoms with Crippen LogP contribution in [0.2, 0.25) is 0 Å². The van der Waals surface area contributed by atoms with Gasteiger partial charge in [-0.2, -0.15) is 4.98 Å². The van der Waals surface area contributed by atoms with Gasteiger partial charge in [0.25, 0.3) is 0 Å². The van der Waals surface area contributed by atoms with Crippen molar-refractivity contribution in [2.45, 2.75) is 33.2 Å². The number of aromatic nitrogens is 3. The molecule has 2 rings (SSSR count). The highest BCUT2D eigenvalue weighted by Gasteiger charge is 2.11. The van der Waals surface area contributed by atoms with Crippen LogP contribution in [0, 0.1) is 0 Å². The highest BCUT2D eigenvalue weighted by molar-refractivity contribution is 5.71. The van der Waals surface area contributed by atoms with Gasteiger partial charge < -0.3 is 15.0 Å². The van der Waals surface area contributed by atoms with Crippen LogP contribution in [-0.4, -0.2) is 28.1 Å². The minimum Gasteiger partial charge on any atom is -0.478 e. The smallest absolute Gasteiger partial charge is 0.215 e. The molecule has 2 N–H and O–H groups in total. The molecule has 0 fully saturated rings. The molecule has 0 saturated carbocycles. The third-order valence-corrected chi connectivity index (χ3v) is 2.74. The first kappa shape index (κ1) is 12.8. The lowest BCUT2D eigenvalue weighted by Crippen LogP contribution is -2.20. The monoisotopic (exact) mass is 248 g/mol. The normalized spacial score (nSPS) is 12.8. The van der Waals surface area contributed by atoms with Gasteiger partial charge in [-0.15, -0.1) is 0 Å². The third kappa shape index (κ3) is 2.79. The number of aromatic amines is 1.